The highest BCUT2D eigenvalue weighted by molar-refractivity contribution is 5.64. The van der Waals surface area contributed by atoms with Crippen molar-refractivity contribution in [2.45, 2.75) is 12.5 Å². The number of hydrogen-bond acceptors (Lipinski definition) is 6. The number of carboxylic acid groups (broad SMARTS) is 1. The molecule has 0 aliphatic heterocycles. The van der Waals surface area contributed by atoms with E-state index in [1.54, 1.807) is 21.1 Å². The molecular formula is C7H14ClNO6. The minimum atomic E-state index is -4.62. The van der Waals surface area contributed by atoms with Gasteiger partial charge in [-0.15, -0.1) is 0 Å². The SMILES string of the molecule is C[N+](C)(C)CC(CC(=O)[O-])O[Cl+3]([O-])([O-])[O-]. The highest BCUT2D eigenvalue weighted by atomic mass is 35.7. The van der Waals surface area contributed by atoms with Crippen molar-refractivity contribution in [2.75, 3.05) is 27.7 Å². The number of aliphatic carboxylic acids is 1. The first-order valence-corrected chi connectivity index (χ1v) is 5.32. The van der Waals surface area contributed by atoms with Gasteiger partial charge in [0.2, 0.25) is 0 Å². The standard InChI is InChI=1S/C7H14ClNO6/c1-9(2,3)5-6(4-7(10)11)15-8(12,13)14/h6H,4-5H2,1-3H3. The maximum atomic E-state index is 10.3. The molecule has 0 aromatic heterocycles. The number of rotatable bonds is 6. The first-order chi connectivity index (χ1) is 6.49. The molecule has 0 rings (SSSR count). The van der Waals surface area contributed by atoms with Gasteiger partial charge in [-0.2, -0.15) is 14.0 Å². The molecule has 0 aliphatic rings. The molecule has 8 heteroatoms. The molecule has 7 nitrogen and oxygen atoms in total. The molecule has 0 saturated carbocycles. The Hall–Kier alpha value is -0.440. The van der Waals surface area contributed by atoms with Crippen LogP contribution < -0.4 is 19.1 Å². The average Bonchev–Trinajstić information content (AvgIpc) is 1.73. The fourth-order valence-electron chi connectivity index (χ4n) is 1.08. The summed E-state index contributed by atoms with van der Waals surface area (Å²) < 4.78 is 35.2. The van der Waals surface area contributed by atoms with Crippen LogP contribution >= 0.6 is 0 Å². The normalized spacial score (nSPS) is 15.1. The van der Waals surface area contributed by atoms with E-state index < -0.39 is 28.7 Å². The van der Waals surface area contributed by atoms with Gasteiger partial charge in [-0.25, -0.2) is 0 Å². The van der Waals surface area contributed by atoms with E-state index in [0.29, 0.717) is 0 Å². The van der Waals surface area contributed by atoms with E-state index in [-0.39, 0.29) is 11.0 Å². The summed E-state index contributed by atoms with van der Waals surface area (Å²) in [6.45, 7) is 0.0719. The number of carbonyl (C=O) groups excluding carboxylic acids is 1. The maximum Gasteiger partial charge on any atom is 0.266 e. The Morgan fingerprint density at radius 2 is 1.80 bits per heavy atom. The zero-order chi connectivity index (χ0) is 12.3. The van der Waals surface area contributed by atoms with E-state index in [1.807, 2.05) is 0 Å². The highest BCUT2D eigenvalue weighted by Crippen LogP contribution is 2.07. The van der Waals surface area contributed by atoms with Crippen LogP contribution in [0.1, 0.15) is 6.42 Å². The number of quaternary nitrogens is 1. The van der Waals surface area contributed by atoms with Crippen molar-refractivity contribution in [1.29, 1.82) is 0 Å². The molecule has 0 bridgehead atoms. The molecule has 0 aliphatic carbocycles. The molecule has 0 aromatic rings. The molecule has 0 fully saturated rings. The van der Waals surface area contributed by atoms with Crippen molar-refractivity contribution in [3.05, 3.63) is 0 Å². The molecule has 1 unspecified atom stereocenters. The molecule has 15 heavy (non-hydrogen) atoms. The van der Waals surface area contributed by atoms with Crippen LogP contribution in [-0.2, 0) is 9.08 Å². The molecule has 0 amide bonds. The van der Waals surface area contributed by atoms with Gasteiger partial charge < -0.3 is 14.4 Å². The summed E-state index contributed by atoms with van der Waals surface area (Å²) in [4.78, 5) is 10.3. The largest absolute Gasteiger partial charge is 0.550 e. The van der Waals surface area contributed by atoms with Gasteiger partial charge in [0.25, 0.3) is 6.10 Å². The fourth-order valence-corrected chi connectivity index (χ4v) is 1.50. The monoisotopic (exact) mass is 243 g/mol. The van der Waals surface area contributed by atoms with Gasteiger partial charge in [0.15, 0.2) is 0 Å². The summed E-state index contributed by atoms with van der Waals surface area (Å²) in [7, 11) is 0.505. The third-order valence-corrected chi connectivity index (χ3v) is 1.85. The lowest BCUT2D eigenvalue weighted by molar-refractivity contribution is -1.92. The van der Waals surface area contributed by atoms with Crippen molar-refractivity contribution in [3.63, 3.8) is 0 Å². The van der Waals surface area contributed by atoms with Gasteiger partial charge in [-0.05, 0) is 0 Å². The molecule has 1 atom stereocenters. The first kappa shape index (κ1) is 14.6. The second-order valence-electron chi connectivity index (χ2n) is 4.14. The highest BCUT2D eigenvalue weighted by Gasteiger charge is 2.33. The van der Waals surface area contributed by atoms with Crippen LogP contribution in [0.4, 0.5) is 0 Å². The van der Waals surface area contributed by atoms with Gasteiger partial charge in [0.1, 0.15) is 6.54 Å². The second-order valence-corrected chi connectivity index (χ2v) is 5.07. The lowest BCUT2D eigenvalue weighted by Gasteiger charge is -2.27. The summed E-state index contributed by atoms with van der Waals surface area (Å²) >= 11 is 0. The Labute approximate surface area is 89.8 Å². The minimum absolute atomic E-state index is 0.0719. The Morgan fingerprint density at radius 3 is 2.07 bits per heavy atom. The predicted molar refractivity (Wildman–Crippen MR) is 37.4 cm³/mol. The molecular weight excluding hydrogens is 230 g/mol. The van der Waals surface area contributed by atoms with Gasteiger partial charge in [-0.3, -0.25) is 0 Å². The van der Waals surface area contributed by atoms with Crippen LogP contribution in [-0.4, -0.2) is 44.2 Å². The van der Waals surface area contributed by atoms with Crippen LogP contribution in [0.25, 0.3) is 0 Å². The predicted octanol–water partition coefficient (Wildman–Crippen LogP) is -4.88. The number of likely N-dealkylation sites (N-methyl/N-ethyl adjacent to an activating group) is 1. The van der Waals surface area contributed by atoms with E-state index in [4.69, 9.17) is 0 Å². The van der Waals surface area contributed by atoms with Crippen molar-refractivity contribution < 1.29 is 42.9 Å². The van der Waals surface area contributed by atoms with Crippen LogP contribution in [0.3, 0.4) is 0 Å². The van der Waals surface area contributed by atoms with E-state index in [9.17, 15) is 23.9 Å². The molecule has 0 saturated heterocycles. The summed E-state index contributed by atoms with van der Waals surface area (Å²) in [6.07, 6.45) is -1.84. The summed E-state index contributed by atoms with van der Waals surface area (Å²) in [5.41, 5.74) is 0. The number of hydrogen-bond donors (Lipinski definition) is 0. The Bertz CT molecular complexity index is 205. The third-order valence-electron chi connectivity index (χ3n) is 1.38. The van der Waals surface area contributed by atoms with Crippen LogP contribution in [0.15, 0.2) is 0 Å². The zero-order valence-corrected chi connectivity index (χ0v) is 9.52. The van der Waals surface area contributed by atoms with E-state index in [2.05, 4.69) is 4.29 Å². The first-order valence-electron chi connectivity index (χ1n) is 4.09. The number of halogens is 1. The lowest BCUT2D eigenvalue weighted by atomic mass is 10.2. The van der Waals surface area contributed by atoms with Gasteiger partial charge >= 0.3 is 0 Å². The van der Waals surface area contributed by atoms with E-state index in [0.717, 1.165) is 0 Å². The Balaban J connectivity index is 4.39. The topological polar surface area (TPSA) is 119 Å². The fraction of sp³-hybridized carbons (Fsp3) is 0.857. The summed E-state index contributed by atoms with van der Waals surface area (Å²) in [5, 5.41) is 10.3. The van der Waals surface area contributed by atoms with Crippen molar-refractivity contribution in [3.8, 4) is 0 Å². The molecule has 0 radical (unpaired) electrons. The quantitative estimate of drug-likeness (QED) is 0.432. The molecule has 0 N–H and O–H groups in total. The third kappa shape index (κ3) is 9.85. The number of carbonyl (C=O) groups is 1. The molecule has 0 spiro atoms. The Morgan fingerprint density at radius 1 is 1.33 bits per heavy atom. The van der Waals surface area contributed by atoms with Crippen LogP contribution in [0.2, 0.25) is 0 Å². The minimum Gasteiger partial charge on any atom is -0.550 e. The smallest absolute Gasteiger partial charge is 0.266 e. The summed E-state index contributed by atoms with van der Waals surface area (Å²) in [6, 6.07) is 0. The molecule has 90 valence electrons. The van der Waals surface area contributed by atoms with Gasteiger partial charge in [0.05, 0.1) is 35.7 Å². The van der Waals surface area contributed by atoms with E-state index >= 15 is 0 Å². The maximum absolute atomic E-state index is 10.3. The average molecular weight is 244 g/mol. The van der Waals surface area contributed by atoms with E-state index in [1.165, 1.54) is 0 Å². The van der Waals surface area contributed by atoms with Crippen LogP contribution in [0.5, 0.6) is 0 Å². The van der Waals surface area contributed by atoms with Gasteiger partial charge in [-0.1, -0.05) is 0 Å². The zero-order valence-electron chi connectivity index (χ0n) is 8.77. The van der Waals surface area contributed by atoms with Crippen molar-refractivity contribution in [2.24, 2.45) is 0 Å². The molecule has 0 aromatic carbocycles. The van der Waals surface area contributed by atoms with Gasteiger partial charge in [0, 0.05) is 12.4 Å². The number of carboxylic acids is 1. The van der Waals surface area contributed by atoms with Crippen LogP contribution in [0, 0.1) is 10.2 Å². The lowest BCUT2D eigenvalue weighted by Crippen LogP contribution is -2.63. The Kier molecular flexibility index (Phi) is 4.91. The van der Waals surface area contributed by atoms with Crippen molar-refractivity contribution >= 4 is 5.97 Å². The second kappa shape index (κ2) is 5.06. The van der Waals surface area contributed by atoms with Crippen molar-refractivity contribution in [1.82, 2.24) is 0 Å². The summed E-state index contributed by atoms with van der Waals surface area (Å²) in [5.74, 6) is -1.47. The molecule has 0 heterocycles. The number of nitrogens with zero attached hydrogens (tertiary/aromatic N) is 1.